The van der Waals surface area contributed by atoms with Gasteiger partial charge in [0, 0.05) is 43.9 Å². The van der Waals surface area contributed by atoms with Crippen LogP contribution in [0.4, 0.5) is 0 Å². The van der Waals surface area contributed by atoms with E-state index in [2.05, 4.69) is 18.8 Å². The molecule has 0 spiro atoms. The van der Waals surface area contributed by atoms with Crippen molar-refractivity contribution in [2.75, 3.05) is 13.1 Å². The van der Waals surface area contributed by atoms with Gasteiger partial charge in [-0.2, -0.15) is 0 Å². The molecule has 1 saturated heterocycles. The lowest BCUT2D eigenvalue weighted by atomic mass is 9.93. The Morgan fingerprint density at radius 1 is 1.28 bits per heavy atom. The van der Waals surface area contributed by atoms with Gasteiger partial charge in [0.1, 0.15) is 16.7 Å². The maximum Gasteiger partial charge on any atom is 0.270 e. The van der Waals surface area contributed by atoms with Crippen LogP contribution in [0.25, 0.3) is 0 Å². The van der Waals surface area contributed by atoms with Crippen LogP contribution in [-0.2, 0) is 7.05 Å². The van der Waals surface area contributed by atoms with Crippen LogP contribution in [0, 0.1) is 0 Å². The van der Waals surface area contributed by atoms with Crippen molar-refractivity contribution in [1.29, 1.82) is 0 Å². The number of aromatic nitrogens is 3. The fourth-order valence-corrected chi connectivity index (χ4v) is 3.56. The van der Waals surface area contributed by atoms with Gasteiger partial charge in [0.05, 0.1) is 5.02 Å². The van der Waals surface area contributed by atoms with E-state index in [9.17, 15) is 4.79 Å². The van der Waals surface area contributed by atoms with Crippen LogP contribution >= 0.6 is 23.2 Å². The van der Waals surface area contributed by atoms with Gasteiger partial charge in [-0.15, -0.1) is 0 Å². The van der Waals surface area contributed by atoms with Gasteiger partial charge in [-0.3, -0.25) is 4.79 Å². The van der Waals surface area contributed by atoms with Crippen molar-refractivity contribution in [2.24, 2.45) is 7.05 Å². The molecule has 0 aromatic carbocycles. The first-order valence-electron chi connectivity index (χ1n) is 8.51. The van der Waals surface area contributed by atoms with Crippen LogP contribution in [0.1, 0.15) is 60.5 Å². The fraction of sp³-hybridized carbons (Fsp3) is 0.500. The number of hydrogen-bond donors (Lipinski definition) is 0. The molecule has 25 heavy (non-hydrogen) atoms. The molecule has 134 valence electrons. The summed E-state index contributed by atoms with van der Waals surface area (Å²) in [5.41, 5.74) is 1.60. The molecule has 0 radical (unpaired) electrons. The smallest absolute Gasteiger partial charge is 0.270 e. The third-order valence-electron chi connectivity index (χ3n) is 4.75. The van der Waals surface area contributed by atoms with E-state index < -0.39 is 0 Å². The second-order valence-corrected chi connectivity index (χ2v) is 7.55. The Hall–Kier alpha value is -1.59. The van der Waals surface area contributed by atoms with E-state index in [0.29, 0.717) is 40.8 Å². The number of nitrogens with zero attached hydrogens (tertiary/aromatic N) is 4. The number of piperidine rings is 1. The second kappa shape index (κ2) is 7.34. The molecule has 1 amide bonds. The fourth-order valence-electron chi connectivity index (χ4n) is 3.18. The predicted molar refractivity (Wildman–Crippen MR) is 99.4 cm³/mol. The lowest BCUT2D eigenvalue weighted by molar-refractivity contribution is 0.0702. The highest BCUT2D eigenvalue weighted by Crippen LogP contribution is 2.30. The molecule has 0 atom stereocenters. The Morgan fingerprint density at radius 3 is 2.52 bits per heavy atom. The van der Waals surface area contributed by atoms with Gasteiger partial charge in [-0.1, -0.05) is 37.0 Å². The number of carbonyl (C=O) groups excluding carboxylic acids is 1. The molecule has 0 aliphatic carbocycles. The molecular formula is C18H22Cl2N4O. The summed E-state index contributed by atoms with van der Waals surface area (Å²) in [7, 11) is 1.75. The molecule has 2 aromatic rings. The summed E-state index contributed by atoms with van der Waals surface area (Å²) < 4.78 is 1.64. The lowest BCUT2D eigenvalue weighted by Crippen LogP contribution is -2.38. The average molecular weight is 381 g/mol. The van der Waals surface area contributed by atoms with Gasteiger partial charge >= 0.3 is 0 Å². The number of halogens is 2. The van der Waals surface area contributed by atoms with Crippen LogP contribution in [0.2, 0.25) is 10.2 Å². The first-order chi connectivity index (χ1) is 11.9. The topological polar surface area (TPSA) is 51.0 Å². The Labute approximate surface area is 158 Å². The van der Waals surface area contributed by atoms with Crippen LogP contribution < -0.4 is 0 Å². The normalized spacial score (nSPS) is 15.8. The molecule has 0 saturated carbocycles. The molecule has 0 bridgehead atoms. The number of likely N-dealkylation sites (tertiary alicyclic amines) is 1. The zero-order valence-electron chi connectivity index (χ0n) is 14.7. The maximum absolute atomic E-state index is 12.7. The van der Waals surface area contributed by atoms with Gasteiger partial charge in [0.25, 0.3) is 5.91 Å². The van der Waals surface area contributed by atoms with Crippen LogP contribution in [0.3, 0.4) is 0 Å². The van der Waals surface area contributed by atoms with Crippen LogP contribution in [0.5, 0.6) is 0 Å². The largest absolute Gasteiger partial charge is 0.337 e. The molecule has 3 heterocycles. The summed E-state index contributed by atoms with van der Waals surface area (Å²) in [5.74, 6) is 1.53. The number of hydrogen-bond acceptors (Lipinski definition) is 3. The van der Waals surface area contributed by atoms with E-state index >= 15 is 0 Å². The Morgan fingerprint density at radius 2 is 1.96 bits per heavy atom. The molecule has 0 N–H and O–H groups in total. The quantitative estimate of drug-likeness (QED) is 0.798. The van der Waals surface area contributed by atoms with E-state index in [1.807, 2.05) is 17.2 Å². The lowest BCUT2D eigenvalue weighted by Gasteiger charge is -2.32. The summed E-state index contributed by atoms with van der Waals surface area (Å²) in [5, 5.41) is 0.798. The van der Waals surface area contributed by atoms with E-state index in [1.54, 1.807) is 17.7 Å². The third-order valence-corrected chi connectivity index (χ3v) is 5.59. The predicted octanol–water partition coefficient (Wildman–Crippen LogP) is 4.27. The zero-order valence-corrected chi connectivity index (χ0v) is 16.2. The molecule has 1 aliphatic rings. The molecule has 3 rings (SSSR count). The molecule has 0 unspecified atom stereocenters. The van der Waals surface area contributed by atoms with Gasteiger partial charge in [0.2, 0.25) is 0 Å². The maximum atomic E-state index is 12.7. The van der Waals surface area contributed by atoms with E-state index in [4.69, 9.17) is 28.2 Å². The molecule has 7 heteroatoms. The van der Waals surface area contributed by atoms with Crippen molar-refractivity contribution in [1.82, 2.24) is 19.4 Å². The average Bonchev–Trinajstić information content (AvgIpc) is 2.89. The van der Waals surface area contributed by atoms with Crippen molar-refractivity contribution in [3.8, 4) is 0 Å². The summed E-state index contributed by atoms with van der Waals surface area (Å²) in [4.78, 5) is 23.6. The molecular weight excluding hydrogens is 359 g/mol. The van der Waals surface area contributed by atoms with Crippen molar-refractivity contribution in [3.05, 3.63) is 45.7 Å². The summed E-state index contributed by atoms with van der Waals surface area (Å²) in [6.45, 7) is 5.59. The van der Waals surface area contributed by atoms with E-state index in [0.717, 1.165) is 24.4 Å². The van der Waals surface area contributed by atoms with Gasteiger partial charge < -0.3 is 9.47 Å². The second-order valence-electron chi connectivity index (χ2n) is 6.79. The van der Waals surface area contributed by atoms with E-state index in [-0.39, 0.29) is 5.91 Å². The van der Waals surface area contributed by atoms with Gasteiger partial charge in [-0.05, 0) is 25.0 Å². The van der Waals surface area contributed by atoms with Crippen molar-refractivity contribution in [2.45, 2.75) is 38.5 Å². The minimum atomic E-state index is -0.0275. The highest BCUT2D eigenvalue weighted by atomic mass is 35.5. The van der Waals surface area contributed by atoms with Crippen molar-refractivity contribution >= 4 is 29.1 Å². The minimum Gasteiger partial charge on any atom is -0.337 e. The standard InChI is InChI=1S/C18H22Cl2N4O/c1-11(2)17-21-7-4-14(22-17)12-5-8-24(9-6-12)18(25)15-10-13(19)16(20)23(15)3/h4,7,10-12H,5-6,8-9H2,1-3H3. The summed E-state index contributed by atoms with van der Waals surface area (Å²) in [6, 6.07) is 3.63. The Bertz CT molecular complexity index is 779. The highest BCUT2D eigenvalue weighted by Gasteiger charge is 2.27. The monoisotopic (exact) mass is 380 g/mol. The van der Waals surface area contributed by atoms with Crippen LogP contribution in [-0.4, -0.2) is 38.4 Å². The SMILES string of the molecule is CC(C)c1nccc(C2CCN(C(=O)c3cc(Cl)c(Cl)n3C)CC2)n1. The van der Waals surface area contributed by atoms with Crippen LogP contribution in [0.15, 0.2) is 18.3 Å². The Kier molecular flexibility index (Phi) is 5.35. The first-order valence-corrected chi connectivity index (χ1v) is 9.27. The molecule has 5 nitrogen and oxygen atoms in total. The Balaban J connectivity index is 1.68. The molecule has 1 fully saturated rings. The first kappa shape index (κ1) is 18.2. The van der Waals surface area contributed by atoms with Gasteiger partial charge in [-0.25, -0.2) is 9.97 Å². The number of carbonyl (C=O) groups is 1. The summed E-state index contributed by atoms with van der Waals surface area (Å²) in [6.07, 6.45) is 3.63. The van der Waals surface area contributed by atoms with Crippen molar-refractivity contribution in [3.63, 3.8) is 0 Å². The zero-order chi connectivity index (χ0) is 18.1. The number of rotatable bonds is 3. The summed E-state index contributed by atoms with van der Waals surface area (Å²) >= 11 is 12.1. The van der Waals surface area contributed by atoms with Gasteiger partial charge in [0.15, 0.2) is 0 Å². The molecule has 2 aromatic heterocycles. The van der Waals surface area contributed by atoms with E-state index in [1.165, 1.54) is 0 Å². The highest BCUT2D eigenvalue weighted by molar-refractivity contribution is 6.41. The minimum absolute atomic E-state index is 0.0275. The third kappa shape index (κ3) is 3.67. The van der Waals surface area contributed by atoms with Crippen molar-refractivity contribution < 1.29 is 4.79 Å². The number of amides is 1. The molecule has 1 aliphatic heterocycles.